The van der Waals surface area contributed by atoms with Gasteiger partial charge in [0.1, 0.15) is 5.75 Å². The third-order valence-electron chi connectivity index (χ3n) is 6.51. The van der Waals surface area contributed by atoms with Gasteiger partial charge in [0.15, 0.2) is 6.61 Å². The van der Waals surface area contributed by atoms with E-state index >= 15 is 0 Å². The highest BCUT2D eigenvalue weighted by Crippen LogP contribution is 2.33. The van der Waals surface area contributed by atoms with Gasteiger partial charge in [-0.05, 0) is 41.8 Å². The lowest BCUT2D eigenvalue weighted by atomic mass is 9.94. The van der Waals surface area contributed by atoms with Crippen molar-refractivity contribution >= 4 is 11.3 Å². The largest absolute Gasteiger partial charge is 0.582 e. The molecular formula is C33H43O2+. The number of hydrogen-bond donors (Lipinski definition) is 0. The first-order valence-corrected chi connectivity index (χ1v) is 13.5. The molecule has 0 radical (unpaired) electrons. The Kier molecular flexibility index (Phi) is 12.0. The summed E-state index contributed by atoms with van der Waals surface area (Å²) in [7, 11) is 1.71. The van der Waals surface area contributed by atoms with E-state index in [2.05, 4.69) is 79.7 Å². The Morgan fingerprint density at radius 1 is 0.571 bits per heavy atom. The minimum Gasteiger partial charge on any atom is -0.582 e. The van der Waals surface area contributed by atoms with Crippen LogP contribution in [0.15, 0.2) is 84.9 Å². The number of unbranched alkanes of at least 4 members (excludes halogenated alkanes) is 9. The second kappa shape index (κ2) is 15.8. The van der Waals surface area contributed by atoms with Gasteiger partial charge in [-0.1, -0.05) is 119 Å². The molecule has 1 N–H and O–H groups in total. The molecule has 0 unspecified atom stereocenters. The third-order valence-corrected chi connectivity index (χ3v) is 6.51. The van der Waals surface area contributed by atoms with E-state index in [1.165, 1.54) is 74.5 Å². The molecule has 3 rings (SSSR count). The topological polar surface area (TPSA) is 22.0 Å². The Balaban J connectivity index is 1.71. The smallest absolute Gasteiger partial charge is 0.270 e. The first-order chi connectivity index (χ1) is 17.3. The van der Waals surface area contributed by atoms with E-state index in [1.807, 2.05) is 12.1 Å². The summed E-state index contributed by atoms with van der Waals surface area (Å²) in [6, 6.07) is 29.6. The minimum absolute atomic E-state index is 0.848. The second-order valence-corrected chi connectivity index (χ2v) is 9.25. The van der Waals surface area contributed by atoms with Gasteiger partial charge in [-0.2, -0.15) is 0 Å². The minimum atomic E-state index is 0.848. The average molecular weight is 472 g/mol. The van der Waals surface area contributed by atoms with E-state index in [1.54, 1.807) is 7.11 Å². The maximum atomic E-state index is 5.40. The Morgan fingerprint density at radius 3 is 1.54 bits per heavy atom. The van der Waals surface area contributed by atoms with Crippen LogP contribution in [-0.4, -0.2) is 18.5 Å². The molecular weight excluding hydrogens is 428 g/mol. The predicted molar refractivity (Wildman–Crippen MR) is 151 cm³/mol. The average Bonchev–Trinajstić information content (AvgIpc) is 2.92. The molecule has 0 amide bonds. The quantitative estimate of drug-likeness (QED) is 0.0883. The van der Waals surface area contributed by atoms with E-state index in [-0.39, 0.29) is 0 Å². The molecule has 3 aromatic carbocycles. The van der Waals surface area contributed by atoms with Crippen LogP contribution in [-0.2, 0) is 0 Å². The monoisotopic (exact) mass is 471 g/mol. The van der Waals surface area contributed by atoms with Gasteiger partial charge in [-0.15, -0.1) is 0 Å². The summed E-state index contributed by atoms with van der Waals surface area (Å²) in [5.74, 6) is 1.92. The maximum absolute atomic E-state index is 5.40. The summed E-state index contributed by atoms with van der Waals surface area (Å²) in [6.07, 6.45) is 13.3. The first-order valence-electron chi connectivity index (χ1n) is 13.5. The fraction of sp³-hybridized carbons (Fsp3) is 0.394. The van der Waals surface area contributed by atoms with E-state index in [9.17, 15) is 0 Å². The number of ether oxygens (including phenoxy) is 2. The Labute approximate surface area is 213 Å². The van der Waals surface area contributed by atoms with Crippen LogP contribution >= 0.6 is 0 Å². The summed E-state index contributed by atoms with van der Waals surface area (Å²) in [6.45, 7) is 3.13. The van der Waals surface area contributed by atoms with Gasteiger partial charge in [0.05, 0.1) is 18.2 Å². The zero-order valence-electron chi connectivity index (χ0n) is 21.7. The standard InChI is InChI=1S/C33H42O2/c1-3-4-5-6-7-8-9-10-11-18-27-35-33(30-23-25-31(34-2)26-24-30)32(28-19-14-12-15-20-28)29-21-16-13-17-22-29/h12-17,19-26H,3-11,18,27H2,1-2H3/p+1. The number of rotatable bonds is 16. The lowest BCUT2D eigenvalue weighted by Crippen LogP contribution is -2.05. The number of hydrogen-bond acceptors (Lipinski definition) is 1. The summed E-state index contributed by atoms with van der Waals surface area (Å²) < 4.78 is 10.6. The van der Waals surface area contributed by atoms with E-state index in [0.717, 1.165) is 30.1 Å². The van der Waals surface area contributed by atoms with Crippen molar-refractivity contribution in [1.29, 1.82) is 0 Å². The SMILES string of the molecule is CCCCCCCCCCCC[OH+]C(=C(c1ccccc1)c1ccccc1)c1ccc(OC)cc1. The van der Waals surface area contributed by atoms with Crippen molar-refractivity contribution in [3.05, 3.63) is 102 Å². The fourth-order valence-electron chi connectivity index (χ4n) is 4.50. The lowest BCUT2D eigenvalue weighted by Gasteiger charge is -2.16. The number of methoxy groups -OCH3 is 1. The fourth-order valence-corrected chi connectivity index (χ4v) is 4.50. The maximum Gasteiger partial charge on any atom is 0.270 e. The van der Waals surface area contributed by atoms with Gasteiger partial charge < -0.3 is 9.47 Å². The molecule has 2 heteroatoms. The Bertz CT molecular complexity index is 933. The van der Waals surface area contributed by atoms with E-state index in [4.69, 9.17) is 9.47 Å². The molecule has 0 spiro atoms. The normalized spacial score (nSPS) is 10.7. The molecule has 0 aromatic heterocycles. The van der Waals surface area contributed by atoms with Crippen LogP contribution in [0.25, 0.3) is 11.3 Å². The zero-order chi connectivity index (χ0) is 24.6. The van der Waals surface area contributed by atoms with Gasteiger partial charge >= 0.3 is 0 Å². The zero-order valence-corrected chi connectivity index (χ0v) is 21.7. The Hall–Kier alpha value is -3.00. The molecule has 0 heterocycles. The molecule has 2 nitrogen and oxygen atoms in total. The highest BCUT2D eigenvalue weighted by atomic mass is 16.5. The van der Waals surface area contributed by atoms with Crippen molar-refractivity contribution in [1.82, 2.24) is 0 Å². The first kappa shape index (κ1) is 26.6. The van der Waals surface area contributed by atoms with Crippen molar-refractivity contribution in [3.63, 3.8) is 0 Å². The van der Waals surface area contributed by atoms with Gasteiger partial charge in [0.2, 0.25) is 0 Å². The van der Waals surface area contributed by atoms with Crippen molar-refractivity contribution in [2.75, 3.05) is 13.7 Å². The number of benzene rings is 3. The molecule has 0 atom stereocenters. The van der Waals surface area contributed by atoms with Crippen LogP contribution in [0.4, 0.5) is 0 Å². The highest BCUT2D eigenvalue weighted by Gasteiger charge is 2.20. The highest BCUT2D eigenvalue weighted by molar-refractivity contribution is 5.95. The van der Waals surface area contributed by atoms with Gasteiger partial charge in [0.25, 0.3) is 5.76 Å². The van der Waals surface area contributed by atoms with Crippen LogP contribution in [0.5, 0.6) is 5.75 Å². The molecule has 0 aliphatic rings. The second-order valence-electron chi connectivity index (χ2n) is 9.25. The summed E-state index contributed by atoms with van der Waals surface area (Å²) in [4.78, 5) is 0. The molecule has 0 bridgehead atoms. The molecule has 0 aliphatic heterocycles. The van der Waals surface area contributed by atoms with Crippen molar-refractivity contribution in [3.8, 4) is 5.75 Å². The number of aliphatic hydroxyl groups is 2. The van der Waals surface area contributed by atoms with Crippen molar-refractivity contribution in [2.24, 2.45) is 0 Å². The Morgan fingerprint density at radius 2 is 1.06 bits per heavy atom. The van der Waals surface area contributed by atoms with Crippen LogP contribution < -0.4 is 4.74 Å². The van der Waals surface area contributed by atoms with Crippen LogP contribution in [0.3, 0.4) is 0 Å². The molecule has 3 aromatic rings. The molecule has 0 aliphatic carbocycles. The predicted octanol–water partition coefficient (Wildman–Crippen LogP) is 9.06. The van der Waals surface area contributed by atoms with Crippen LogP contribution in [0, 0.1) is 0 Å². The summed E-state index contributed by atoms with van der Waals surface area (Å²) in [5, 5.41) is 0. The molecule has 0 saturated carbocycles. The molecule has 186 valence electrons. The molecule has 0 saturated heterocycles. The van der Waals surface area contributed by atoms with Crippen molar-refractivity contribution < 1.29 is 9.47 Å². The van der Waals surface area contributed by atoms with Gasteiger partial charge in [-0.3, -0.25) is 0 Å². The molecule has 0 fully saturated rings. The summed E-state index contributed by atoms with van der Waals surface area (Å²) in [5.41, 5.74) is 4.69. The molecule has 35 heavy (non-hydrogen) atoms. The van der Waals surface area contributed by atoms with Crippen LogP contribution in [0.2, 0.25) is 0 Å². The summed E-state index contributed by atoms with van der Waals surface area (Å²) >= 11 is 0. The van der Waals surface area contributed by atoms with Gasteiger partial charge in [0, 0.05) is 6.42 Å². The van der Waals surface area contributed by atoms with Gasteiger partial charge in [-0.25, -0.2) is 0 Å². The van der Waals surface area contributed by atoms with Crippen molar-refractivity contribution in [2.45, 2.75) is 71.1 Å². The lowest BCUT2D eigenvalue weighted by molar-refractivity contribution is 0.0885. The van der Waals surface area contributed by atoms with E-state index < -0.39 is 0 Å². The van der Waals surface area contributed by atoms with E-state index in [0.29, 0.717) is 0 Å². The third kappa shape index (κ3) is 8.94. The van der Waals surface area contributed by atoms with Crippen LogP contribution in [0.1, 0.15) is 87.8 Å².